The van der Waals surface area contributed by atoms with E-state index in [2.05, 4.69) is 22.4 Å². The van der Waals surface area contributed by atoms with Gasteiger partial charge in [-0.1, -0.05) is 43.3 Å². The number of rotatable bonds is 6. The largest absolute Gasteiger partial charge is 0.430 e. The minimum absolute atomic E-state index is 0.857. The molecule has 0 spiro atoms. The predicted octanol–water partition coefficient (Wildman–Crippen LogP) is 6.33. The molecule has 0 saturated carbocycles. The highest BCUT2D eigenvalue weighted by molar-refractivity contribution is 9.41. The minimum atomic E-state index is -2.15. The molecule has 0 fully saturated rings. The highest BCUT2D eigenvalue weighted by Gasteiger charge is 2.43. The molecule has 0 saturated heterocycles. The lowest BCUT2D eigenvalue weighted by Gasteiger charge is -2.19. The van der Waals surface area contributed by atoms with Gasteiger partial charge in [0.1, 0.15) is 6.16 Å². The van der Waals surface area contributed by atoms with Gasteiger partial charge in [-0.25, -0.2) is 0 Å². The van der Waals surface area contributed by atoms with Crippen LogP contribution in [0.15, 0.2) is 48.5 Å². The molecule has 0 unspecified atom stereocenters. The number of halogens is 1. The molecule has 0 atom stereocenters. The average molecular weight is 368 g/mol. The average Bonchev–Trinajstić information content (AvgIpc) is 2.44. The van der Waals surface area contributed by atoms with Crippen molar-refractivity contribution < 1.29 is 9.05 Å². The fourth-order valence-corrected chi connectivity index (χ4v) is 5.74. The third kappa shape index (κ3) is 4.46. The first kappa shape index (κ1) is 16.3. The summed E-state index contributed by atoms with van der Waals surface area (Å²) >= 11 is 3.75. The Balaban J connectivity index is 2.24. The molecular weight excluding hydrogens is 347 g/mol. The zero-order valence-electron chi connectivity index (χ0n) is 12.7. The van der Waals surface area contributed by atoms with Crippen molar-refractivity contribution in [2.24, 2.45) is 0 Å². The lowest BCUT2D eigenvalue weighted by Crippen LogP contribution is -2.08. The maximum absolute atomic E-state index is 6.24. The van der Waals surface area contributed by atoms with E-state index in [4.69, 9.17) is 9.05 Å². The summed E-state index contributed by atoms with van der Waals surface area (Å²) in [6.45, 7) is 6.23. The maximum atomic E-state index is 6.24. The van der Waals surface area contributed by atoms with Crippen molar-refractivity contribution in [1.29, 1.82) is 0 Å². The smallest absolute Gasteiger partial charge is 0.298 e. The van der Waals surface area contributed by atoms with E-state index in [0.29, 0.717) is 0 Å². The molecule has 0 aliphatic heterocycles. The van der Waals surface area contributed by atoms with Gasteiger partial charge in [0.15, 0.2) is 11.5 Å². The van der Waals surface area contributed by atoms with Crippen LogP contribution in [0, 0.1) is 13.8 Å². The Morgan fingerprint density at radius 1 is 0.857 bits per heavy atom. The molecule has 0 heterocycles. The number of benzene rings is 2. The SMILES string of the molecule is CCC[P+](Br)(Oc1ccccc1C)Oc1ccccc1C. The summed E-state index contributed by atoms with van der Waals surface area (Å²) in [6, 6.07) is 16.1. The summed E-state index contributed by atoms with van der Waals surface area (Å²) in [4.78, 5) is 0. The minimum Gasteiger partial charge on any atom is -0.298 e. The second kappa shape index (κ2) is 7.29. The molecule has 21 heavy (non-hydrogen) atoms. The van der Waals surface area contributed by atoms with Crippen LogP contribution in [0.3, 0.4) is 0 Å². The van der Waals surface area contributed by atoms with Gasteiger partial charge in [0, 0.05) is 0 Å². The van der Waals surface area contributed by atoms with Crippen LogP contribution in [0.5, 0.6) is 11.5 Å². The van der Waals surface area contributed by atoms with Gasteiger partial charge in [0.25, 0.3) is 0 Å². The summed E-state index contributed by atoms with van der Waals surface area (Å²) in [5.41, 5.74) is 2.23. The van der Waals surface area contributed by atoms with E-state index in [-0.39, 0.29) is 0 Å². The quantitative estimate of drug-likeness (QED) is 0.555. The van der Waals surface area contributed by atoms with Crippen LogP contribution >= 0.6 is 21.9 Å². The topological polar surface area (TPSA) is 18.5 Å². The molecule has 2 aromatic rings. The Hall–Kier alpha value is -1.05. The summed E-state index contributed by atoms with van der Waals surface area (Å²) in [5, 5.41) is 0. The van der Waals surface area contributed by atoms with E-state index < -0.39 is 6.42 Å². The van der Waals surface area contributed by atoms with Crippen molar-refractivity contribution in [1.82, 2.24) is 0 Å². The summed E-state index contributed by atoms with van der Waals surface area (Å²) < 4.78 is 12.5. The summed E-state index contributed by atoms with van der Waals surface area (Å²) in [5.74, 6) is 1.76. The first-order valence-electron chi connectivity index (χ1n) is 7.12. The molecule has 0 amide bonds. The van der Waals surface area contributed by atoms with E-state index >= 15 is 0 Å². The molecule has 2 nitrogen and oxygen atoms in total. The molecule has 0 N–H and O–H groups in total. The molecule has 0 radical (unpaired) electrons. The number of hydrogen-bond acceptors (Lipinski definition) is 2. The molecule has 0 bridgehead atoms. The highest BCUT2D eigenvalue weighted by Crippen LogP contribution is 2.67. The Labute approximate surface area is 135 Å². The first-order valence-corrected chi connectivity index (χ1v) is 10.9. The Bertz CT molecular complexity index is 553. The second-order valence-electron chi connectivity index (χ2n) is 5.03. The Morgan fingerprint density at radius 2 is 1.29 bits per heavy atom. The fourth-order valence-electron chi connectivity index (χ4n) is 1.99. The van der Waals surface area contributed by atoms with E-state index in [1.807, 2.05) is 62.4 Å². The van der Waals surface area contributed by atoms with E-state index in [1.54, 1.807) is 0 Å². The second-order valence-corrected chi connectivity index (χ2v) is 10.3. The molecular formula is C17H21BrO2P+. The maximum Gasteiger partial charge on any atom is 0.430 e. The van der Waals surface area contributed by atoms with Crippen molar-refractivity contribution in [3.63, 3.8) is 0 Å². The number of para-hydroxylation sites is 2. The van der Waals surface area contributed by atoms with Crippen molar-refractivity contribution in [3.05, 3.63) is 59.7 Å². The molecule has 0 aromatic heterocycles. The van der Waals surface area contributed by atoms with Crippen LogP contribution in [0.2, 0.25) is 0 Å². The van der Waals surface area contributed by atoms with Crippen LogP contribution in [0.1, 0.15) is 24.5 Å². The monoisotopic (exact) mass is 367 g/mol. The van der Waals surface area contributed by atoms with Crippen LogP contribution < -0.4 is 9.05 Å². The van der Waals surface area contributed by atoms with Crippen LogP contribution in [0.4, 0.5) is 0 Å². The van der Waals surface area contributed by atoms with E-state index in [0.717, 1.165) is 35.2 Å². The highest BCUT2D eigenvalue weighted by atomic mass is 79.9. The Kier molecular flexibility index (Phi) is 5.66. The molecule has 112 valence electrons. The molecule has 0 aliphatic rings. The van der Waals surface area contributed by atoms with Crippen LogP contribution in [-0.2, 0) is 0 Å². The zero-order valence-corrected chi connectivity index (χ0v) is 15.2. The van der Waals surface area contributed by atoms with Gasteiger partial charge in [0.2, 0.25) is 15.5 Å². The summed E-state index contributed by atoms with van der Waals surface area (Å²) in [6.07, 6.45) is -0.301. The van der Waals surface area contributed by atoms with Crippen molar-refractivity contribution in [2.45, 2.75) is 27.2 Å². The molecule has 2 rings (SSSR count). The summed E-state index contributed by atoms with van der Waals surface area (Å²) in [7, 11) is 0. The van der Waals surface area contributed by atoms with Crippen molar-refractivity contribution in [3.8, 4) is 11.5 Å². The van der Waals surface area contributed by atoms with Gasteiger partial charge in [-0.15, -0.1) is 0 Å². The first-order chi connectivity index (χ1) is 10.0. The van der Waals surface area contributed by atoms with Gasteiger partial charge in [-0.2, -0.15) is 0 Å². The van der Waals surface area contributed by atoms with Gasteiger partial charge in [0.05, 0.1) is 0 Å². The Morgan fingerprint density at radius 3 is 1.67 bits per heavy atom. The zero-order chi connectivity index (χ0) is 15.3. The third-order valence-electron chi connectivity index (χ3n) is 3.15. The standard InChI is InChI=1S/C17H21BrO2P/c1-4-13-21(18,19-16-11-7-5-9-14(16)2)20-17-12-8-6-10-15(17)3/h5-12H,4,13H2,1-3H3/q+1. The number of aryl methyl sites for hydroxylation is 2. The van der Waals surface area contributed by atoms with Gasteiger partial charge in [-0.3, -0.25) is 9.05 Å². The number of hydrogen-bond donors (Lipinski definition) is 0. The van der Waals surface area contributed by atoms with E-state index in [1.165, 1.54) is 0 Å². The fraction of sp³-hybridized carbons (Fsp3) is 0.294. The van der Waals surface area contributed by atoms with Gasteiger partial charge >= 0.3 is 6.42 Å². The molecule has 2 aromatic carbocycles. The predicted molar refractivity (Wildman–Crippen MR) is 94.6 cm³/mol. The van der Waals surface area contributed by atoms with Crippen molar-refractivity contribution in [2.75, 3.05) is 6.16 Å². The third-order valence-corrected chi connectivity index (χ3v) is 7.00. The lowest BCUT2D eigenvalue weighted by atomic mass is 10.2. The molecule has 0 aliphatic carbocycles. The van der Waals surface area contributed by atoms with Gasteiger partial charge in [-0.05, 0) is 43.5 Å². The van der Waals surface area contributed by atoms with Crippen LogP contribution in [0.25, 0.3) is 0 Å². The van der Waals surface area contributed by atoms with E-state index in [9.17, 15) is 0 Å². The molecule has 4 heteroatoms. The van der Waals surface area contributed by atoms with Crippen molar-refractivity contribution >= 4 is 21.9 Å². The van der Waals surface area contributed by atoms with Crippen LogP contribution in [-0.4, -0.2) is 6.16 Å². The lowest BCUT2D eigenvalue weighted by molar-refractivity contribution is 0.478. The van der Waals surface area contributed by atoms with Gasteiger partial charge < -0.3 is 0 Å². The normalized spacial score (nSPS) is 11.2.